The maximum absolute atomic E-state index is 11.9. The fourth-order valence-electron chi connectivity index (χ4n) is 2.33. The molecule has 0 bridgehead atoms. The monoisotopic (exact) mass is 252 g/mol. The van der Waals surface area contributed by atoms with Gasteiger partial charge in [0.05, 0.1) is 18.2 Å². The molecular formula is C12H20N4O2. The van der Waals surface area contributed by atoms with Crippen LogP contribution >= 0.6 is 0 Å². The van der Waals surface area contributed by atoms with Crippen molar-refractivity contribution in [2.24, 2.45) is 12.8 Å². The van der Waals surface area contributed by atoms with Crippen molar-refractivity contribution < 1.29 is 9.53 Å². The minimum atomic E-state index is -0.230. The molecule has 1 amide bonds. The van der Waals surface area contributed by atoms with Crippen molar-refractivity contribution in [1.82, 2.24) is 9.78 Å². The molecular weight excluding hydrogens is 232 g/mol. The Kier molecular flexibility index (Phi) is 3.98. The molecule has 1 aliphatic rings. The number of nitrogens with one attached hydrogen (secondary N) is 1. The van der Waals surface area contributed by atoms with Gasteiger partial charge in [-0.3, -0.25) is 9.48 Å². The molecule has 1 aliphatic carbocycles. The number of amides is 1. The fraction of sp³-hybridized carbons (Fsp3) is 0.667. The molecule has 0 spiro atoms. The van der Waals surface area contributed by atoms with Gasteiger partial charge in [-0.1, -0.05) is 0 Å². The molecule has 18 heavy (non-hydrogen) atoms. The van der Waals surface area contributed by atoms with Crippen LogP contribution in [-0.2, 0) is 29.4 Å². The predicted molar refractivity (Wildman–Crippen MR) is 68.3 cm³/mol. The van der Waals surface area contributed by atoms with Gasteiger partial charge in [-0.05, 0) is 19.3 Å². The maximum Gasteiger partial charge on any atom is 0.228 e. The van der Waals surface area contributed by atoms with E-state index in [0.29, 0.717) is 6.54 Å². The number of nitrogens with two attached hydrogens (primary N) is 1. The zero-order chi connectivity index (χ0) is 13.1. The molecule has 2 rings (SSSR count). The molecule has 1 aromatic rings. The van der Waals surface area contributed by atoms with Crippen LogP contribution in [0.5, 0.6) is 0 Å². The third-order valence-electron chi connectivity index (χ3n) is 3.34. The Morgan fingerprint density at radius 2 is 2.39 bits per heavy atom. The average Bonchev–Trinajstić information content (AvgIpc) is 2.90. The van der Waals surface area contributed by atoms with Crippen molar-refractivity contribution in [3.63, 3.8) is 0 Å². The number of anilines is 1. The molecule has 0 fully saturated rings. The first-order valence-electron chi connectivity index (χ1n) is 6.23. The van der Waals surface area contributed by atoms with E-state index >= 15 is 0 Å². The van der Waals surface area contributed by atoms with E-state index in [0.717, 1.165) is 30.8 Å². The summed E-state index contributed by atoms with van der Waals surface area (Å²) in [7, 11) is 3.41. The predicted octanol–water partition coefficient (Wildman–Crippen LogP) is 0.211. The third kappa shape index (κ3) is 2.54. The summed E-state index contributed by atoms with van der Waals surface area (Å²) in [5.74, 6) is 0.740. The lowest BCUT2D eigenvalue weighted by Crippen LogP contribution is -2.28. The van der Waals surface area contributed by atoms with E-state index in [9.17, 15) is 4.79 Å². The van der Waals surface area contributed by atoms with Crippen LogP contribution in [0.1, 0.15) is 24.1 Å². The molecule has 6 nitrogen and oxygen atoms in total. The molecule has 1 aromatic heterocycles. The van der Waals surface area contributed by atoms with Crippen LogP contribution in [0.2, 0.25) is 0 Å². The Morgan fingerprint density at radius 1 is 1.61 bits per heavy atom. The summed E-state index contributed by atoms with van der Waals surface area (Å²) in [4.78, 5) is 11.9. The van der Waals surface area contributed by atoms with Gasteiger partial charge in [0.25, 0.3) is 0 Å². The third-order valence-corrected chi connectivity index (χ3v) is 3.34. The Hall–Kier alpha value is -1.40. The summed E-state index contributed by atoms with van der Waals surface area (Å²) in [6.07, 6.45) is 3.15. The summed E-state index contributed by atoms with van der Waals surface area (Å²) in [5.41, 5.74) is 7.78. The number of hydrogen-bond donors (Lipinski definition) is 2. The van der Waals surface area contributed by atoms with Crippen molar-refractivity contribution in [1.29, 1.82) is 0 Å². The van der Waals surface area contributed by atoms with Gasteiger partial charge in [0.1, 0.15) is 5.82 Å². The minimum Gasteiger partial charge on any atom is -0.380 e. The topological polar surface area (TPSA) is 82.2 Å². The van der Waals surface area contributed by atoms with Gasteiger partial charge in [0.2, 0.25) is 5.91 Å². The number of carbonyl (C=O) groups excluding carboxylic acids is 1. The number of aromatic nitrogens is 2. The second kappa shape index (κ2) is 5.49. The lowest BCUT2D eigenvalue weighted by Gasteiger charge is -2.13. The van der Waals surface area contributed by atoms with E-state index in [2.05, 4.69) is 10.4 Å². The maximum atomic E-state index is 11.9. The highest BCUT2D eigenvalue weighted by molar-refractivity contribution is 5.91. The summed E-state index contributed by atoms with van der Waals surface area (Å²) < 4.78 is 6.85. The quantitative estimate of drug-likeness (QED) is 0.785. The Morgan fingerprint density at radius 3 is 3.06 bits per heavy atom. The number of fused-ring (bicyclic) bond motifs is 1. The lowest BCUT2D eigenvalue weighted by molar-refractivity contribution is -0.118. The number of carbonyl (C=O) groups is 1. The zero-order valence-corrected chi connectivity index (χ0v) is 10.9. The first kappa shape index (κ1) is 13.0. The minimum absolute atomic E-state index is 0.0787. The number of rotatable bonds is 5. The van der Waals surface area contributed by atoms with Gasteiger partial charge in [-0.15, -0.1) is 0 Å². The first-order chi connectivity index (χ1) is 8.65. The second-order valence-electron chi connectivity index (χ2n) is 4.60. The Bertz CT molecular complexity index is 438. The van der Waals surface area contributed by atoms with E-state index in [-0.39, 0.29) is 18.4 Å². The van der Waals surface area contributed by atoms with Crippen molar-refractivity contribution in [2.75, 3.05) is 19.0 Å². The van der Waals surface area contributed by atoms with Crippen LogP contribution in [0.25, 0.3) is 0 Å². The van der Waals surface area contributed by atoms with Crippen molar-refractivity contribution >= 4 is 11.7 Å². The summed E-state index contributed by atoms with van der Waals surface area (Å²) >= 11 is 0. The highest BCUT2D eigenvalue weighted by Crippen LogP contribution is 2.28. The molecule has 0 radical (unpaired) electrons. The van der Waals surface area contributed by atoms with Crippen molar-refractivity contribution in [3.8, 4) is 0 Å². The van der Waals surface area contributed by atoms with Gasteiger partial charge in [-0.2, -0.15) is 5.10 Å². The smallest absolute Gasteiger partial charge is 0.228 e. The zero-order valence-electron chi connectivity index (χ0n) is 10.9. The number of ether oxygens (including phenoxy) is 1. The molecule has 0 saturated heterocycles. The Labute approximate surface area is 106 Å². The fourth-order valence-corrected chi connectivity index (χ4v) is 2.33. The molecule has 1 heterocycles. The van der Waals surface area contributed by atoms with E-state index in [4.69, 9.17) is 10.5 Å². The number of aryl methyl sites for hydroxylation is 2. The van der Waals surface area contributed by atoms with Crippen LogP contribution in [0, 0.1) is 0 Å². The van der Waals surface area contributed by atoms with Gasteiger partial charge in [-0.25, -0.2) is 0 Å². The van der Waals surface area contributed by atoms with Gasteiger partial charge >= 0.3 is 0 Å². The van der Waals surface area contributed by atoms with E-state index < -0.39 is 0 Å². The second-order valence-corrected chi connectivity index (χ2v) is 4.60. The van der Waals surface area contributed by atoms with Crippen molar-refractivity contribution in [3.05, 3.63) is 11.3 Å². The van der Waals surface area contributed by atoms with Crippen LogP contribution in [0.15, 0.2) is 0 Å². The van der Waals surface area contributed by atoms with Crippen LogP contribution in [0.4, 0.5) is 5.82 Å². The molecule has 1 atom stereocenters. The molecule has 0 aromatic carbocycles. The van der Waals surface area contributed by atoms with E-state index in [1.807, 2.05) is 7.05 Å². The largest absolute Gasteiger partial charge is 0.380 e. The molecule has 0 saturated carbocycles. The molecule has 3 N–H and O–H groups in total. The van der Waals surface area contributed by atoms with Gasteiger partial charge < -0.3 is 15.8 Å². The lowest BCUT2D eigenvalue weighted by atomic mass is 10.2. The molecule has 100 valence electrons. The molecule has 1 unspecified atom stereocenters. The SMILES string of the molecule is COC(CN)CC(=O)Nc1c2c(nn1C)CCC2. The summed E-state index contributed by atoms with van der Waals surface area (Å²) in [6, 6.07) is 0. The number of hydrogen-bond acceptors (Lipinski definition) is 4. The van der Waals surface area contributed by atoms with Crippen LogP contribution in [0.3, 0.4) is 0 Å². The number of nitrogens with zero attached hydrogens (tertiary/aromatic N) is 2. The highest BCUT2D eigenvalue weighted by Gasteiger charge is 2.22. The molecule has 6 heteroatoms. The normalized spacial score (nSPS) is 15.5. The molecule has 0 aliphatic heterocycles. The summed E-state index contributed by atoms with van der Waals surface area (Å²) in [6.45, 7) is 0.341. The highest BCUT2D eigenvalue weighted by atomic mass is 16.5. The van der Waals surface area contributed by atoms with E-state index in [1.165, 1.54) is 5.56 Å². The summed E-state index contributed by atoms with van der Waals surface area (Å²) in [5, 5.41) is 7.33. The Balaban J connectivity index is 2.03. The van der Waals surface area contributed by atoms with Crippen LogP contribution < -0.4 is 11.1 Å². The standard InChI is InChI=1S/C12H20N4O2/c1-16-12(9-4-3-5-10(9)15-16)14-11(17)6-8(7-13)18-2/h8H,3-7,13H2,1-2H3,(H,14,17). The first-order valence-corrected chi connectivity index (χ1v) is 6.23. The van der Waals surface area contributed by atoms with Gasteiger partial charge in [0, 0.05) is 26.3 Å². The van der Waals surface area contributed by atoms with Crippen LogP contribution in [-0.4, -0.2) is 35.4 Å². The average molecular weight is 252 g/mol. The number of methoxy groups -OCH3 is 1. The van der Waals surface area contributed by atoms with Gasteiger partial charge in [0.15, 0.2) is 0 Å². The van der Waals surface area contributed by atoms with Crippen molar-refractivity contribution in [2.45, 2.75) is 31.8 Å². The van der Waals surface area contributed by atoms with E-state index in [1.54, 1.807) is 11.8 Å².